The van der Waals surface area contributed by atoms with Gasteiger partial charge >= 0.3 is 0 Å². The zero-order valence-corrected chi connectivity index (χ0v) is 9.50. The number of sulfonamides is 1. The van der Waals surface area contributed by atoms with Crippen LogP contribution in [0, 0.1) is 0 Å². The molecule has 0 radical (unpaired) electrons. The fourth-order valence-corrected chi connectivity index (χ4v) is 2.90. The van der Waals surface area contributed by atoms with Crippen molar-refractivity contribution >= 4 is 15.7 Å². The fraction of sp³-hybridized carbons (Fsp3) is 0.400. The van der Waals surface area contributed by atoms with Gasteiger partial charge in [-0.25, -0.2) is 8.42 Å². The average Bonchev–Trinajstić information content (AvgIpc) is 2.16. The molecule has 1 unspecified atom stereocenters. The van der Waals surface area contributed by atoms with Crippen LogP contribution in [0.4, 0.5) is 5.69 Å². The molecule has 1 aliphatic rings. The first-order valence-electron chi connectivity index (χ1n) is 5.08. The van der Waals surface area contributed by atoms with Crippen molar-refractivity contribution in [2.75, 3.05) is 17.0 Å². The van der Waals surface area contributed by atoms with Crippen molar-refractivity contribution in [3.63, 3.8) is 0 Å². The van der Waals surface area contributed by atoms with Crippen molar-refractivity contribution in [1.82, 2.24) is 5.32 Å². The molecule has 3 N–H and O–H groups in total. The number of rotatable bonds is 4. The molecule has 1 saturated heterocycles. The predicted octanol–water partition coefficient (Wildman–Crippen LogP) is 0.496. The second kappa shape index (κ2) is 4.31. The molecule has 16 heavy (non-hydrogen) atoms. The Kier molecular flexibility index (Phi) is 3.02. The first kappa shape index (κ1) is 11.2. The molecule has 1 atom stereocenters. The summed E-state index contributed by atoms with van der Waals surface area (Å²) in [5.74, 6) is 0.206. The van der Waals surface area contributed by atoms with Crippen molar-refractivity contribution in [2.45, 2.75) is 12.5 Å². The molecule has 2 rings (SSSR count). The zero-order valence-electron chi connectivity index (χ0n) is 8.68. The van der Waals surface area contributed by atoms with Gasteiger partial charge < -0.3 is 10.4 Å². The molecule has 1 fully saturated rings. The summed E-state index contributed by atoms with van der Waals surface area (Å²) in [6.07, 6.45) is 0.899. The van der Waals surface area contributed by atoms with E-state index in [-0.39, 0.29) is 17.5 Å². The fourth-order valence-electron chi connectivity index (χ4n) is 1.51. The molecule has 1 aliphatic heterocycles. The quantitative estimate of drug-likeness (QED) is 0.672. The Morgan fingerprint density at radius 1 is 1.38 bits per heavy atom. The lowest BCUT2D eigenvalue weighted by Crippen LogP contribution is -2.48. The van der Waals surface area contributed by atoms with Gasteiger partial charge in [-0.3, -0.25) is 4.72 Å². The lowest BCUT2D eigenvalue weighted by molar-refractivity contribution is 0.399. The van der Waals surface area contributed by atoms with E-state index in [0.29, 0.717) is 5.69 Å². The standard InChI is InChI=1S/C10H14N2O3S/c13-10-3-1-8(2-4-10)12-16(14,15)7-9-5-6-11-9/h1-4,9,11-13H,5-7H2. The first-order valence-corrected chi connectivity index (χ1v) is 6.73. The molecule has 0 aliphatic carbocycles. The smallest absolute Gasteiger partial charge is 0.234 e. The molecular weight excluding hydrogens is 228 g/mol. The van der Waals surface area contributed by atoms with Gasteiger partial charge in [-0.05, 0) is 37.2 Å². The summed E-state index contributed by atoms with van der Waals surface area (Å²) in [7, 11) is -3.30. The lowest BCUT2D eigenvalue weighted by atomic mass is 10.1. The first-order chi connectivity index (χ1) is 7.55. The molecular formula is C10H14N2O3S. The molecule has 0 aromatic heterocycles. The Morgan fingerprint density at radius 2 is 2.00 bits per heavy atom. The monoisotopic (exact) mass is 242 g/mol. The van der Waals surface area contributed by atoms with Gasteiger partial charge in [0.2, 0.25) is 10.0 Å². The predicted molar refractivity (Wildman–Crippen MR) is 61.9 cm³/mol. The molecule has 0 amide bonds. The van der Waals surface area contributed by atoms with Crippen LogP contribution < -0.4 is 10.0 Å². The van der Waals surface area contributed by atoms with E-state index in [1.54, 1.807) is 0 Å². The molecule has 0 saturated carbocycles. The van der Waals surface area contributed by atoms with Crippen LogP contribution in [0.2, 0.25) is 0 Å². The van der Waals surface area contributed by atoms with Gasteiger partial charge in [-0.2, -0.15) is 0 Å². The largest absolute Gasteiger partial charge is 0.508 e. The van der Waals surface area contributed by atoms with E-state index >= 15 is 0 Å². The normalized spacial score (nSPS) is 20.1. The van der Waals surface area contributed by atoms with Gasteiger partial charge in [0.15, 0.2) is 0 Å². The van der Waals surface area contributed by atoms with Gasteiger partial charge in [0, 0.05) is 11.7 Å². The maximum atomic E-state index is 11.7. The molecule has 1 aromatic rings. The topological polar surface area (TPSA) is 78.4 Å². The second-order valence-corrected chi connectivity index (χ2v) is 5.64. The average molecular weight is 242 g/mol. The summed E-state index contributed by atoms with van der Waals surface area (Å²) >= 11 is 0. The number of aromatic hydroxyl groups is 1. The maximum absolute atomic E-state index is 11.7. The summed E-state index contributed by atoms with van der Waals surface area (Å²) in [5.41, 5.74) is 0.470. The van der Waals surface area contributed by atoms with Crippen LogP contribution in [0.1, 0.15) is 6.42 Å². The number of phenols is 1. The number of hydrogen-bond donors (Lipinski definition) is 3. The van der Waals surface area contributed by atoms with E-state index in [1.807, 2.05) is 0 Å². The van der Waals surface area contributed by atoms with Gasteiger partial charge in [-0.1, -0.05) is 0 Å². The van der Waals surface area contributed by atoms with Crippen LogP contribution in [0.25, 0.3) is 0 Å². The summed E-state index contributed by atoms with van der Waals surface area (Å²) in [6.45, 7) is 0.888. The summed E-state index contributed by atoms with van der Waals surface area (Å²) in [6, 6.07) is 6.01. The Balaban J connectivity index is 1.99. The van der Waals surface area contributed by atoms with Crippen LogP contribution in [0.15, 0.2) is 24.3 Å². The van der Waals surface area contributed by atoms with Crippen LogP contribution in [0.3, 0.4) is 0 Å². The summed E-state index contributed by atoms with van der Waals surface area (Å²) in [5, 5.41) is 12.1. The number of phenolic OH excluding ortho intramolecular Hbond substituents is 1. The molecule has 1 heterocycles. The highest BCUT2D eigenvalue weighted by atomic mass is 32.2. The van der Waals surface area contributed by atoms with Gasteiger partial charge in [-0.15, -0.1) is 0 Å². The number of nitrogens with one attached hydrogen (secondary N) is 2. The molecule has 0 spiro atoms. The maximum Gasteiger partial charge on any atom is 0.234 e. The minimum Gasteiger partial charge on any atom is -0.508 e. The third-order valence-corrected chi connectivity index (χ3v) is 3.87. The van der Waals surface area contributed by atoms with Crippen molar-refractivity contribution in [1.29, 1.82) is 0 Å². The third kappa shape index (κ3) is 2.86. The molecule has 0 bridgehead atoms. The van der Waals surface area contributed by atoms with Crippen molar-refractivity contribution in [3.05, 3.63) is 24.3 Å². The van der Waals surface area contributed by atoms with Crippen LogP contribution in [-0.4, -0.2) is 31.9 Å². The van der Waals surface area contributed by atoms with E-state index in [4.69, 9.17) is 5.11 Å². The second-order valence-electron chi connectivity index (χ2n) is 3.87. The number of hydrogen-bond acceptors (Lipinski definition) is 4. The van der Waals surface area contributed by atoms with E-state index in [0.717, 1.165) is 13.0 Å². The number of benzene rings is 1. The Labute approximate surface area is 94.5 Å². The molecule has 5 nitrogen and oxygen atoms in total. The Morgan fingerprint density at radius 3 is 2.50 bits per heavy atom. The van der Waals surface area contributed by atoms with Crippen molar-refractivity contribution < 1.29 is 13.5 Å². The minimum absolute atomic E-state index is 0.0645. The van der Waals surface area contributed by atoms with E-state index in [9.17, 15) is 8.42 Å². The van der Waals surface area contributed by atoms with Gasteiger partial charge in [0.1, 0.15) is 5.75 Å². The highest BCUT2D eigenvalue weighted by Gasteiger charge is 2.23. The molecule has 1 aromatic carbocycles. The third-order valence-electron chi connectivity index (χ3n) is 2.49. The SMILES string of the molecule is O=S(=O)(CC1CCN1)Nc1ccc(O)cc1. The summed E-state index contributed by atoms with van der Waals surface area (Å²) < 4.78 is 25.8. The van der Waals surface area contributed by atoms with Gasteiger partial charge in [0.05, 0.1) is 5.75 Å². The van der Waals surface area contributed by atoms with Gasteiger partial charge in [0.25, 0.3) is 0 Å². The zero-order chi connectivity index (χ0) is 11.6. The Bertz CT molecular complexity index is 451. The van der Waals surface area contributed by atoms with Crippen LogP contribution >= 0.6 is 0 Å². The number of anilines is 1. The molecule has 6 heteroatoms. The van der Waals surface area contributed by atoms with Crippen molar-refractivity contribution in [3.8, 4) is 5.75 Å². The summed E-state index contributed by atoms with van der Waals surface area (Å²) in [4.78, 5) is 0. The lowest BCUT2D eigenvalue weighted by Gasteiger charge is -2.27. The van der Waals surface area contributed by atoms with Crippen LogP contribution in [0.5, 0.6) is 5.75 Å². The van der Waals surface area contributed by atoms with E-state index < -0.39 is 10.0 Å². The molecule has 88 valence electrons. The van der Waals surface area contributed by atoms with E-state index in [1.165, 1.54) is 24.3 Å². The minimum atomic E-state index is -3.30. The van der Waals surface area contributed by atoms with E-state index in [2.05, 4.69) is 10.0 Å². The highest BCUT2D eigenvalue weighted by Crippen LogP contribution is 2.16. The Hall–Kier alpha value is -1.27. The van der Waals surface area contributed by atoms with Crippen molar-refractivity contribution in [2.24, 2.45) is 0 Å². The highest BCUT2D eigenvalue weighted by molar-refractivity contribution is 7.92. The van der Waals surface area contributed by atoms with Crippen LogP contribution in [-0.2, 0) is 10.0 Å².